The van der Waals surface area contributed by atoms with Gasteiger partial charge in [-0.3, -0.25) is 9.59 Å². The fraction of sp³-hybridized carbons (Fsp3) is 0.429. The second kappa shape index (κ2) is 7.37. The first-order valence-corrected chi connectivity index (χ1v) is 6.08. The maximum atomic E-state index is 12.0. The molecular formula is C14H18O6. The molecule has 0 saturated carbocycles. The lowest BCUT2D eigenvalue weighted by Crippen LogP contribution is -2.04. The Bertz CT molecular complexity index is 469. The molecule has 0 aromatic heterocycles. The van der Waals surface area contributed by atoms with Crippen LogP contribution in [-0.2, 0) is 4.79 Å². The maximum Gasteiger partial charge on any atom is 0.303 e. The summed E-state index contributed by atoms with van der Waals surface area (Å²) in [6, 6.07) is 3.12. The summed E-state index contributed by atoms with van der Waals surface area (Å²) in [7, 11) is 4.42. The van der Waals surface area contributed by atoms with Gasteiger partial charge >= 0.3 is 5.97 Å². The monoisotopic (exact) mass is 282 g/mol. The highest BCUT2D eigenvalue weighted by Crippen LogP contribution is 2.38. The van der Waals surface area contributed by atoms with E-state index in [1.54, 1.807) is 12.1 Å². The molecule has 0 saturated heterocycles. The van der Waals surface area contributed by atoms with Gasteiger partial charge in [0, 0.05) is 18.4 Å². The van der Waals surface area contributed by atoms with Crippen LogP contribution in [0, 0.1) is 0 Å². The summed E-state index contributed by atoms with van der Waals surface area (Å²) in [4.78, 5) is 22.5. The summed E-state index contributed by atoms with van der Waals surface area (Å²) in [5.74, 6) is 0.132. The number of methoxy groups -OCH3 is 3. The Hall–Kier alpha value is -2.24. The molecule has 0 atom stereocenters. The van der Waals surface area contributed by atoms with Crippen molar-refractivity contribution in [2.75, 3.05) is 21.3 Å². The van der Waals surface area contributed by atoms with Crippen molar-refractivity contribution in [1.82, 2.24) is 0 Å². The summed E-state index contributed by atoms with van der Waals surface area (Å²) < 4.78 is 15.5. The molecule has 0 fully saturated rings. The van der Waals surface area contributed by atoms with Crippen LogP contribution in [0.15, 0.2) is 12.1 Å². The number of benzene rings is 1. The molecule has 0 amide bonds. The zero-order valence-electron chi connectivity index (χ0n) is 11.8. The molecule has 20 heavy (non-hydrogen) atoms. The van der Waals surface area contributed by atoms with Crippen LogP contribution in [0.2, 0.25) is 0 Å². The minimum atomic E-state index is -0.914. The minimum absolute atomic E-state index is 0.0316. The smallest absolute Gasteiger partial charge is 0.303 e. The summed E-state index contributed by atoms with van der Waals surface area (Å²) in [6.45, 7) is 0. The van der Waals surface area contributed by atoms with Crippen molar-refractivity contribution in [2.24, 2.45) is 0 Å². The van der Waals surface area contributed by atoms with Crippen molar-refractivity contribution in [1.29, 1.82) is 0 Å². The predicted molar refractivity (Wildman–Crippen MR) is 71.9 cm³/mol. The average Bonchev–Trinajstić information content (AvgIpc) is 2.44. The van der Waals surface area contributed by atoms with Crippen molar-refractivity contribution in [3.05, 3.63) is 17.7 Å². The Balaban J connectivity index is 2.94. The predicted octanol–water partition coefficient (Wildman–Crippen LogP) is 2.15. The number of hydrogen-bond donors (Lipinski definition) is 1. The number of Topliss-reactive ketones (excluding diaryl/α,β-unsaturated/α-hetero) is 1. The number of hydrogen-bond acceptors (Lipinski definition) is 5. The van der Waals surface area contributed by atoms with Crippen LogP contribution in [0.4, 0.5) is 0 Å². The van der Waals surface area contributed by atoms with E-state index < -0.39 is 5.97 Å². The average molecular weight is 282 g/mol. The first-order valence-electron chi connectivity index (χ1n) is 6.08. The SMILES string of the molecule is COc1cc(C(=O)CCCC(=O)O)cc(OC)c1OC. The fourth-order valence-corrected chi connectivity index (χ4v) is 1.79. The molecule has 1 aromatic carbocycles. The van der Waals surface area contributed by atoms with Gasteiger partial charge in [-0.1, -0.05) is 0 Å². The molecular weight excluding hydrogens is 264 g/mol. The van der Waals surface area contributed by atoms with Gasteiger partial charge < -0.3 is 19.3 Å². The third kappa shape index (κ3) is 3.88. The van der Waals surface area contributed by atoms with Crippen LogP contribution in [0.25, 0.3) is 0 Å². The highest BCUT2D eigenvalue weighted by molar-refractivity contribution is 5.97. The summed E-state index contributed by atoms with van der Waals surface area (Å²) in [5.41, 5.74) is 0.407. The van der Waals surface area contributed by atoms with E-state index in [0.29, 0.717) is 29.2 Å². The number of ether oxygens (including phenoxy) is 3. The zero-order chi connectivity index (χ0) is 15.1. The molecule has 0 heterocycles. The summed E-state index contributed by atoms with van der Waals surface area (Å²) in [5, 5.41) is 8.56. The van der Waals surface area contributed by atoms with Crippen molar-refractivity contribution in [3.63, 3.8) is 0 Å². The first kappa shape index (κ1) is 15.8. The second-order valence-electron chi connectivity index (χ2n) is 4.08. The number of rotatable bonds is 8. The Kier molecular flexibility index (Phi) is 5.83. The first-order chi connectivity index (χ1) is 9.53. The van der Waals surface area contributed by atoms with E-state index in [4.69, 9.17) is 19.3 Å². The number of carbonyl (C=O) groups is 2. The molecule has 110 valence electrons. The third-order valence-electron chi connectivity index (χ3n) is 2.78. The largest absolute Gasteiger partial charge is 0.493 e. The van der Waals surface area contributed by atoms with E-state index in [1.807, 2.05) is 0 Å². The van der Waals surface area contributed by atoms with Gasteiger partial charge in [-0.25, -0.2) is 0 Å². The molecule has 0 spiro atoms. The quantitative estimate of drug-likeness (QED) is 0.736. The number of carboxylic acid groups (broad SMARTS) is 1. The van der Waals surface area contributed by atoms with Gasteiger partial charge in [-0.2, -0.15) is 0 Å². The van der Waals surface area contributed by atoms with Crippen LogP contribution >= 0.6 is 0 Å². The third-order valence-corrected chi connectivity index (χ3v) is 2.78. The van der Waals surface area contributed by atoms with Crippen LogP contribution in [0.1, 0.15) is 29.6 Å². The van der Waals surface area contributed by atoms with Crippen LogP contribution in [0.5, 0.6) is 17.2 Å². The molecule has 6 heteroatoms. The summed E-state index contributed by atoms with van der Waals surface area (Å²) in [6.07, 6.45) is 0.423. The van der Waals surface area contributed by atoms with Crippen molar-refractivity contribution in [3.8, 4) is 17.2 Å². The number of ketones is 1. The molecule has 0 aliphatic heterocycles. The van der Waals surface area contributed by atoms with Crippen molar-refractivity contribution >= 4 is 11.8 Å². The number of carbonyl (C=O) groups excluding carboxylic acids is 1. The Labute approximate surface area is 117 Å². The van der Waals surface area contributed by atoms with Gasteiger partial charge in [0.05, 0.1) is 21.3 Å². The van der Waals surface area contributed by atoms with Gasteiger partial charge in [0.25, 0.3) is 0 Å². The van der Waals surface area contributed by atoms with Gasteiger partial charge in [0.1, 0.15) is 0 Å². The van der Waals surface area contributed by atoms with E-state index in [2.05, 4.69) is 0 Å². The van der Waals surface area contributed by atoms with Crippen LogP contribution < -0.4 is 14.2 Å². The maximum absolute atomic E-state index is 12.0. The highest BCUT2D eigenvalue weighted by Gasteiger charge is 2.16. The lowest BCUT2D eigenvalue weighted by Gasteiger charge is -2.13. The lowest BCUT2D eigenvalue weighted by molar-refractivity contribution is -0.137. The van der Waals surface area contributed by atoms with E-state index in [9.17, 15) is 9.59 Å². The standard InChI is InChI=1S/C14H18O6/c1-18-11-7-9(8-12(19-2)14(11)20-3)10(15)5-4-6-13(16)17/h7-8H,4-6H2,1-3H3,(H,16,17). The molecule has 1 N–H and O–H groups in total. The molecule has 0 unspecified atom stereocenters. The fourth-order valence-electron chi connectivity index (χ4n) is 1.79. The topological polar surface area (TPSA) is 82.1 Å². The number of carboxylic acids is 1. The lowest BCUT2D eigenvalue weighted by atomic mass is 10.0. The van der Waals surface area contributed by atoms with Crippen LogP contribution in [0.3, 0.4) is 0 Å². The van der Waals surface area contributed by atoms with Crippen molar-refractivity contribution in [2.45, 2.75) is 19.3 Å². The summed E-state index contributed by atoms with van der Waals surface area (Å²) >= 11 is 0. The van der Waals surface area contributed by atoms with E-state index in [-0.39, 0.29) is 18.6 Å². The van der Waals surface area contributed by atoms with Gasteiger partial charge in [0.2, 0.25) is 5.75 Å². The Morgan fingerprint density at radius 2 is 1.55 bits per heavy atom. The second-order valence-corrected chi connectivity index (χ2v) is 4.08. The highest BCUT2D eigenvalue weighted by atomic mass is 16.5. The molecule has 0 radical (unpaired) electrons. The minimum Gasteiger partial charge on any atom is -0.493 e. The van der Waals surface area contributed by atoms with Gasteiger partial charge in [0.15, 0.2) is 17.3 Å². The van der Waals surface area contributed by atoms with E-state index in [1.165, 1.54) is 21.3 Å². The van der Waals surface area contributed by atoms with Crippen LogP contribution in [-0.4, -0.2) is 38.2 Å². The zero-order valence-corrected chi connectivity index (χ0v) is 11.8. The molecule has 0 aliphatic rings. The van der Waals surface area contributed by atoms with Gasteiger partial charge in [-0.15, -0.1) is 0 Å². The number of aliphatic carboxylic acids is 1. The molecule has 6 nitrogen and oxygen atoms in total. The van der Waals surface area contributed by atoms with E-state index >= 15 is 0 Å². The normalized spacial score (nSPS) is 9.95. The molecule has 0 aliphatic carbocycles. The van der Waals surface area contributed by atoms with Gasteiger partial charge in [-0.05, 0) is 18.6 Å². The molecule has 1 aromatic rings. The Morgan fingerprint density at radius 3 is 1.95 bits per heavy atom. The molecule has 1 rings (SSSR count). The molecule has 0 bridgehead atoms. The van der Waals surface area contributed by atoms with E-state index in [0.717, 1.165) is 0 Å². The Morgan fingerprint density at radius 1 is 1.00 bits per heavy atom. The van der Waals surface area contributed by atoms with Crippen molar-refractivity contribution < 1.29 is 28.9 Å².